The van der Waals surface area contributed by atoms with Crippen LogP contribution in [0.3, 0.4) is 0 Å². The minimum Gasteiger partial charge on any atom is -0.480 e. The minimum absolute atomic E-state index is 0.195. The lowest BCUT2D eigenvalue weighted by Crippen LogP contribution is -2.46. The first-order valence-electron chi connectivity index (χ1n) is 6.27. The van der Waals surface area contributed by atoms with Crippen LogP contribution in [0.25, 0.3) is 0 Å². The molecule has 0 aromatic carbocycles. The van der Waals surface area contributed by atoms with Crippen molar-refractivity contribution in [3.05, 3.63) is 0 Å². The summed E-state index contributed by atoms with van der Waals surface area (Å²) in [7, 11) is 3.78. The largest absolute Gasteiger partial charge is 0.480 e. The zero-order valence-corrected chi connectivity index (χ0v) is 11.1. The van der Waals surface area contributed by atoms with E-state index in [-0.39, 0.29) is 12.5 Å². The summed E-state index contributed by atoms with van der Waals surface area (Å²) in [6, 6.07) is 0. The number of aliphatic carboxylic acids is 1. The Morgan fingerprint density at radius 1 is 1.28 bits per heavy atom. The van der Waals surface area contributed by atoms with Gasteiger partial charge in [-0.15, -0.1) is 0 Å². The third-order valence-electron chi connectivity index (χ3n) is 2.91. The van der Waals surface area contributed by atoms with Crippen LogP contribution < -0.4 is 0 Å². The predicted molar refractivity (Wildman–Crippen MR) is 66.4 cm³/mol. The molecular weight excluding hydrogens is 236 g/mol. The highest BCUT2D eigenvalue weighted by Gasteiger charge is 2.27. The van der Waals surface area contributed by atoms with Gasteiger partial charge < -0.3 is 19.6 Å². The molecule has 1 rings (SSSR count). The second-order valence-corrected chi connectivity index (χ2v) is 4.81. The molecule has 1 amide bonds. The molecule has 104 valence electrons. The van der Waals surface area contributed by atoms with Gasteiger partial charge in [0.2, 0.25) is 0 Å². The number of hydrogen-bond donors (Lipinski definition) is 1. The maximum Gasteiger partial charge on any atom is 0.323 e. The van der Waals surface area contributed by atoms with Crippen LogP contribution in [0.1, 0.15) is 19.3 Å². The molecule has 1 heterocycles. The van der Waals surface area contributed by atoms with Crippen molar-refractivity contribution in [1.29, 1.82) is 0 Å². The van der Waals surface area contributed by atoms with E-state index in [0.29, 0.717) is 26.1 Å². The van der Waals surface area contributed by atoms with Crippen LogP contribution in [0.5, 0.6) is 0 Å². The number of likely N-dealkylation sites (N-methyl/N-ethyl adjacent to an activating group) is 1. The summed E-state index contributed by atoms with van der Waals surface area (Å²) >= 11 is 0. The van der Waals surface area contributed by atoms with Crippen molar-refractivity contribution in [2.24, 2.45) is 0 Å². The molecule has 1 aliphatic heterocycles. The highest BCUT2D eigenvalue weighted by Crippen LogP contribution is 2.15. The number of carbonyl (C=O) groups excluding carboxylic acids is 1. The highest BCUT2D eigenvalue weighted by atomic mass is 16.5. The lowest BCUT2D eigenvalue weighted by Gasteiger charge is -2.29. The number of hydrogen-bond acceptors (Lipinski definition) is 4. The Morgan fingerprint density at radius 3 is 2.50 bits per heavy atom. The number of carbonyl (C=O) groups is 2. The van der Waals surface area contributed by atoms with E-state index in [2.05, 4.69) is 0 Å². The molecule has 0 spiro atoms. The third-order valence-corrected chi connectivity index (χ3v) is 2.91. The Balaban J connectivity index is 2.55. The lowest BCUT2D eigenvalue weighted by molar-refractivity contribution is -0.152. The smallest absolute Gasteiger partial charge is 0.323 e. The van der Waals surface area contributed by atoms with Crippen LogP contribution in [0.4, 0.5) is 0 Å². The van der Waals surface area contributed by atoms with Crippen molar-refractivity contribution < 1.29 is 19.4 Å². The van der Waals surface area contributed by atoms with Gasteiger partial charge in [-0.05, 0) is 33.4 Å². The van der Waals surface area contributed by atoms with Gasteiger partial charge in [0.05, 0.1) is 0 Å². The Kier molecular flexibility index (Phi) is 6.07. The molecule has 18 heavy (non-hydrogen) atoms. The molecule has 0 bridgehead atoms. The SMILES string of the molecule is CN(C)CCN(CC(=O)O)C(=O)C1CCCCO1. The van der Waals surface area contributed by atoms with Gasteiger partial charge in [0.15, 0.2) is 0 Å². The van der Waals surface area contributed by atoms with E-state index >= 15 is 0 Å². The van der Waals surface area contributed by atoms with Gasteiger partial charge in [0, 0.05) is 19.7 Å². The minimum atomic E-state index is -0.988. The standard InChI is InChI=1S/C12H22N2O4/c1-13(2)6-7-14(9-11(15)16)12(17)10-5-3-4-8-18-10/h10H,3-9H2,1-2H3,(H,15,16). The average molecular weight is 258 g/mol. The molecule has 1 N–H and O–H groups in total. The molecule has 1 atom stereocenters. The monoisotopic (exact) mass is 258 g/mol. The number of carboxylic acids is 1. The summed E-state index contributed by atoms with van der Waals surface area (Å²) in [6.45, 7) is 1.39. The molecule has 6 nitrogen and oxygen atoms in total. The number of amides is 1. The molecular formula is C12H22N2O4. The van der Waals surface area contributed by atoms with Crippen LogP contribution in [-0.2, 0) is 14.3 Å². The van der Waals surface area contributed by atoms with Gasteiger partial charge in [-0.1, -0.05) is 0 Å². The van der Waals surface area contributed by atoms with E-state index in [4.69, 9.17) is 9.84 Å². The summed E-state index contributed by atoms with van der Waals surface area (Å²) in [6.07, 6.45) is 2.17. The maximum absolute atomic E-state index is 12.2. The van der Waals surface area contributed by atoms with Crippen LogP contribution in [0, 0.1) is 0 Å². The fourth-order valence-corrected chi connectivity index (χ4v) is 1.89. The van der Waals surface area contributed by atoms with Gasteiger partial charge in [-0.25, -0.2) is 0 Å². The normalized spacial score (nSPS) is 19.8. The van der Waals surface area contributed by atoms with Gasteiger partial charge in [-0.3, -0.25) is 9.59 Å². The molecule has 1 fully saturated rings. The highest BCUT2D eigenvalue weighted by molar-refractivity contribution is 5.84. The van der Waals surface area contributed by atoms with Crippen LogP contribution in [0.2, 0.25) is 0 Å². The number of carboxylic acid groups (broad SMARTS) is 1. The van der Waals surface area contributed by atoms with E-state index in [1.807, 2.05) is 19.0 Å². The first-order chi connectivity index (χ1) is 8.50. The fraction of sp³-hybridized carbons (Fsp3) is 0.833. The molecule has 0 radical (unpaired) electrons. The van der Waals surface area contributed by atoms with Gasteiger partial charge >= 0.3 is 5.97 Å². The molecule has 0 aromatic rings. The van der Waals surface area contributed by atoms with Crippen molar-refractivity contribution in [2.75, 3.05) is 40.3 Å². The molecule has 1 unspecified atom stereocenters. The van der Waals surface area contributed by atoms with Crippen molar-refractivity contribution in [3.63, 3.8) is 0 Å². The van der Waals surface area contributed by atoms with E-state index in [0.717, 1.165) is 12.8 Å². The van der Waals surface area contributed by atoms with Gasteiger partial charge in [0.1, 0.15) is 12.6 Å². The van der Waals surface area contributed by atoms with Crippen molar-refractivity contribution in [3.8, 4) is 0 Å². The molecule has 1 aliphatic rings. The first kappa shape index (κ1) is 14.9. The van der Waals surface area contributed by atoms with Gasteiger partial charge in [-0.2, -0.15) is 0 Å². The zero-order valence-electron chi connectivity index (χ0n) is 11.1. The Bertz CT molecular complexity index is 288. The quantitative estimate of drug-likeness (QED) is 0.728. The second-order valence-electron chi connectivity index (χ2n) is 4.81. The summed E-state index contributed by atoms with van der Waals surface area (Å²) in [5.74, 6) is -1.18. The predicted octanol–water partition coefficient (Wildman–Crippen LogP) is 0.0303. The molecule has 1 saturated heterocycles. The van der Waals surface area contributed by atoms with E-state index in [1.165, 1.54) is 4.90 Å². The fourth-order valence-electron chi connectivity index (χ4n) is 1.89. The summed E-state index contributed by atoms with van der Waals surface area (Å²) in [4.78, 5) is 26.3. The molecule has 0 saturated carbocycles. The number of nitrogens with zero attached hydrogens (tertiary/aromatic N) is 2. The number of ether oxygens (including phenoxy) is 1. The number of rotatable bonds is 6. The summed E-state index contributed by atoms with van der Waals surface area (Å²) in [5.41, 5.74) is 0. The van der Waals surface area contributed by atoms with Gasteiger partial charge in [0.25, 0.3) is 5.91 Å². The summed E-state index contributed by atoms with van der Waals surface area (Å²) in [5, 5.41) is 8.85. The molecule has 0 aliphatic carbocycles. The van der Waals surface area contributed by atoms with Crippen LogP contribution in [0.15, 0.2) is 0 Å². The van der Waals surface area contributed by atoms with E-state index < -0.39 is 12.1 Å². The van der Waals surface area contributed by atoms with Crippen molar-refractivity contribution in [2.45, 2.75) is 25.4 Å². The summed E-state index contributed by atoms with van der Waals surface area (Å²) < 4.78 is 5.41. The Labute approximate surface area is 107 Å². The lowest BCUT2D eigenvalue weighted by atomic mass is 10.1. The van der Waals surface area contributed by atoms with E-state index in [9.17, 15) is 9.59 Å². The molecule has 6 heteroatoms. The Hall–Kier alpha value is -1.14. The van der Waals surface area contributed by atoms with Crippen molar-refractivity contribution in [1.82, 2.24) is 9.80 Å². The second kappa shape index (κ2) is 7.33. The zero-order chi connectivity index (χ0) is 13.5. The topological polar surface area (TPSA) is 70.1 Å². The van der Waals surface area contributed by atoms with Crippen LogP contribution >= 0.6 is 0 Å². The maximum atomic E-state index is 12.2. The third kappa shape index (κ3) is 5.01. The first-order valence-corrected chi connectivity index (χ1v) is 6.27. The average Bonchev–Trinajstić information content (AvgIpc) is 2.34. The van der Waals surface area contributed by atoms with Crippen molar-refractivity contribution >= 4 is 11.9 Å². The van der Waals surface area contributed by atoms with E-state index in [1.54, 1.807) is 0 Å². The van der Waals surface area contributed by atoms with Crippen LogP contribution in [-0.4, -0.2) is 73.2 Å². The Morgan fingerprint density at radius 2 is 2.00 bits per heavy atom. The molecule has 0 aromatic heterocycles.